The number of nitro groups is 1. The van der Waals surface area contributed by atoms with E-state index in [1.54, 1.807) is 36.4 Å². The summed E-state index contributed by atoms with van der Waals surface area (Å²) < 4.78 is 22.1. The van der Waals surface area contributed by atoms with Crippen molar-refractivity contribution in [1.29, 1.82) is 0 Å². The summed E-state index contributed by atoms with van der Waals surface area (Å²) in [6, 6.07) is 14.3. The standard InChI is InChI=1S/C22H17NO7/c24-20(15-1-10-21-22(13-15)28-12-11-27-21)9-8-18-6-7-19(30-18)14-29-17-4-2-16(3-5-17)23(25)26/h1-10,13H,11-12,14H2/b9-8+. The Morgan fingerprint density at radius 1 is 1.03 bits per heavy atom. The molecule has 30 heavy (non-hydrogen) atoms. The number of rotatable bonds is 7. The zero-order chi connectivity index (χ0) is 20.9. The Balaban J connectivity index is 1.35. The molecule has 0 N–H and O–H groups in total. The highest BCUT2D eigenvalue weighted by Crippen LogP contribution is 2.31. The second-order valence-corrected chi connectivity index (χ2v) is 6.40. The lowest BCUT2D eigenvalue weighted by atomic mass is 10.1. The van der Waals surface area contributed by atoms with Crippen molar-refractivity contribution in [3.8, 4) is 17.2 Å². The first kappa shape index (κ1) is 19.3. The number of non-ortho nitro benzene ring substituents is 1. The minimum atomic E-state index is -0.471. The van der Waals surface area contributed by atoms with Gasteiger partial charge in [0.05, 0.1) is 4.92 Å². The van der Waals surface area contributed by atoms with Crippen molar-refractivity contribution in [3.05, 3.63) is 87.9 Å². The summed E-state index contributed by atoms with van der Waals surface area (Å²) in [4.78, 5) is 22.6. The molecule has 0 saturated carbocycles. The van der Waals surface area contributed by atoms with Crippen LogP contribution in [0.3, 0.4) is 0 Å². The normalized spacial score (nSPS) is 12.7. The van der Waals surface area contributed by atoms with E-state index in [2.05, 4.69) is 0 Å². The average Bonchev–Trinajstić information content (AvgIpc) is 3.24. The van der Waals surface area contributed by atoms with Gasteiger partial charge in [-0.3, -0.25) is 14.9 Å². The SMILES string of the molecule is O=C(/C=C/c1ccc(COc2ccc([N+](=O)[O-])cc2)o1)c1ccc2c(c1)OCCO2. The van der Waals surface area contributed by atoms with Crippen LogP contribution in [0, 0.1) is 10.1 Å². The largest absolute Gasteiger partial charge is 0.486 e. The quantitative estimate of drug-likeness (QED) is 0.247. The van der Waals surface area contributed by atoms with E-state index in [-0.39, 0.29) is 18.1 Å². The van der Waals surface area contributed by atoms with Crippen LogP contribution >= 0.6 is 0 Å². The van der Waals surface area contributed by atoms with Gasteiger partial charge in [-0.1, -0.05) is 0 Å². The molecule has 3 aromatic rings. The van der Waals surface area contributed by atoms with Crippen molar-refractivity contribution in [2.45, 2.75) is 6.61 Å². The van der Waals surface area contributed by atoms with E-state index in [0.717, 1.165) is 0 Å². The van der Waals surface area contributed by atoms with Crippen LogP contribution in [0.2, 0.25) is 0 Å². The molecule has 152 valence electrons. The van der Waals surface area contributed by atoms with Gasteiger partial charge in [-0.05, 0) is 54.6 Å². The molecule has 0 spiro atoms. The van der Waals surface area contributed by atoms with Crippen molar-refractivity contribution in [2.75, 3.05) is 13.2 Å². The Labute approximate surface area is 171 Å². The summed E-state index contributed by atoms with van der Waals surface area (Å²) in [6.07, 6.45) is 3.00. The van der Waals surface area contributed by atoms with E-state index in [1.165, 1.54) is 30.3 Å². The third-order valence-corrected chi connectivity index (χ3v) is 4.34. The van der Waals surface area contributed by atoms with E-state index in [9.17, 15) is 14.9 Å². The summed E-state index contributed by atoms with van der Waals surface area (Å²) in [6.45, 7) is 1.11. The molecule has 1 aliphatic rings. The molecule has 0 radical (unpaired) electrons. The molecule has 8 nitrogen and oxygen atoms in total. The second kappa shape index (κ2) is 8.52. The number of allylic oxidation sites excluding steroid dienone is 1. The number of carbonyl (C=O) groups is 1. The van der Waals surface area contributed by atoms with Gasteiger partial charge >= 0.3 is 0 Å². The molecule has 0 aliphatic carbocycles. The van der Waals surface area contributed by atoms with Gasteiger partial charge in [0, 0.05) is 17.7 Å². The van der Waals surface area contributed by atoms with Crippen LogP contribution in [0.5, 0.6) is 17.2 Å². The molecular formula is C22H17NO7. The predicted octanol–water partition coefficient (Wildman–Crippen LogP) is 4.43. The Kier molecular flexibility index (Phi) is 5.47. The minimum absolute atomic E-state index is 0.00421. The van der Waals surface area contributed by atoms with Crippen LogP contribution in [0.4, 0.5) is 5.69 Å². The first-order valence-electron chi connectivity index (χ1n) is 9.16. The van der Waals surface area contributed by atoms with Gasteiger partial charge in [0.2, 0.25) is 0 Å². The van der Waals surface area contributed by atoms with Crippen LogP contribution in [0.1, 0.15) is 21.9 Å². The van der Waals surface area contributed by atoms with Gasteiger partial charge < -0.3 is 18.6 Å². The third kappa shape index (κ3) is 4.49. The molecule has 0 bridgehead atoms. The van der Waals surface area contributed by atoms with Crippen LogP contribution in [0.25, 0.3) is 6.08 Å². The molecule has 8 heteroatoms. The van der Waals surface area contributed by atoms with E-state index < -0.39 is 4.92 Å². The number of fused-ring (bicyclic) bond motifs is 1. The average molecular weight is 407 g/mol. The van der Waals surface area contributed by atoms with Gasteiger partial charge in [0.25, 0.3) is 5.69 Å². The first-order chi connectivity index (χ1) is 14.6. The molecule has 0 unspecified atom stereocenters. The van der Waals surface area contributed by atoms with Crippen LogP contribution in [0.15, 0.2) is 65.1 Å². The van der Waals surface area contributed by atoms with Gasteiger partial charge in [-0.2, -0.15) is 0 Å². The van der Waals surface area contributed by atoms with Crippen LogP contribution < -0.4 is 14.2 Å². The van der Waals surface area contributed by atoms with Gasteiger partial charge in [-0.25, -0.2) is 0 Å². The smallest absolute Gasteiger partial charge is 0.269 e. The topological polar surface area (TPSA) is 101 Å². The summed E-state index contributed by atoms with van der Waals surface area (Å²) in [5, 5.41) is 10.7. The summed E-state index contributed by atoms with van der Waals surface area (Å²) in [5.74, 6) is 2.55. The molecule has 1 aliphatic heterocycles. The predicted molar refractivity (Wildman–Crippen MR) is 107 cm³/mol. The number of ketones is 1. The number of nitrogens with zero attached hydrogens (tertiary/aromatic N) is 1. The fourth-order valence-corrected chi connectivity index (χ4v) is 2.83. The number of carbonyl (C=O) groups excluding carboxylic acids is 1. The monoisotopic (exact) mass is 407 g/mol. The fourth-order valence-electron chi connectivity index (χ4n) is 2.83. The Bertz CT molecular complexity index is 1100. The van der Waals surface area contributed by atoms with Crippen molar-refractivity contribution in [1.82, 2.24) is 0 Å². The van der Waals surface area contributed by atoms with E-state index >= 15 is 0 Å². The molecule has 4 rings (SSSR count). The molecule has 0 atom stereocenters. The second-order valence-electron chi connectivity index (χ2n) is 6.40. The lowest BCUT2D eigenvalue weighted by molar-refractivity contribution is -0.384. The van der Waals surface area contributed by atoms with Crippen molar-refractivity contribution in [2.24, 2.45) is 0 Å². The highest BCUT2D eigenvalue weighted by atomic mass is 16.6. The highest BCUT2D eigenvalue weighted by Gasteiger charge is 2.14. The summed E-state index contributed by atoms with van der Waals surface area (Å²) in [5.41, 5.74) is 0.485. The van der Waals surface area contributed by atoms with E-state index in [0.29, 0.717) is 47.5 Å². The maximum atomic E-state index is 12.4. The Hall–Kier alpha value is -4.07. The summed E-state index contributed by atoms with van der Waals surface area (Å²) in [7, 11) is 0. The van der Waals surface area contributed by atoms with E-state index in [1.807, 2.05) is 0 Å². The molecule has 2 aromatic carbocycles. The number of hydrogen-bond acceptors (Lipinski definition) is 7. The molecule has 0 saturated heterocycles. The molecular weight excluding hydrogens is 390 g/mol. The number of furan rings is 1. The molecule has 0 amide bonds. The lowest BCUT2D eigenvalue weighted by Crippen LogP contribution is -2.15. The van der Waals surface area contributed by atoms with Gasteiger partial charge in [-0.15, -0.1) is 0 Å². The Morgan fingerprint density at radius 2 is 1.80 bits per heavy atom. The van der Waals surface area contributed by atoms with Crippen molar-refractivity contribution >= 4 is 17.5 Å². The Morgan fingerprint density at radius 3 is 2.57 bits per heavy atom. The van der Waals surface area contributed by atoms with Crippen LogP contribution in [-0.4, -0.2) is 23.9 Å². The van der Waals surface area contributed by atoms with Crippen molar-refractivity contribution < 1.29 is 28.3 Å². The van der Waals surface area contributed by atoms with Crippen LogP contribution in [-0.2, 0) is 6.61 Å². The van der Waals surface area contributed by atoms with Gasteiger partial charge in [0.1, 0.15) is 37.1 Å². The zero-order valence-corrected chi connectivity index (χ0v) is 15.8. The molecule has 0 fully saturated rings. The zero-order valence-electron chi connectivity index (χ0n) is 15.8. The number of hydrogen-bond donors (Lipinski definition) is 0. The highest BCUT2D eigenvalue weighted by molar-refractivity contribution is 6.07. The van der Waals surface area contributed by atoms with E-state index in [4.69, 9.17) is 18.6 Å². The fraction of sp³-hybridized carbons (Fsp3) is 0.136. The van der Waals surface area contributed by atoms with Crippen molar-refractivity contribution in [3.63, 3.8) is 0 Å². The molecule has 1 aromatic heterocycles. The number of ether oxygens (including phenoxy) is 3. The minimum Gasteiger partial charge on any atom is -0.486 e. The third-order valence-electron chi connectivity index (χ3n) is 4.34. The maximum Gasteiger partial charge on any atom is 0.269 e. The summed E-state index contributed by atoms with van der Waals surface area (Å²) >= 11 is 0. The number of benzene rings is 2. The lowest BCUT2D eigenvalue weighted by Gasteiger charge is -2.18. The molecule has 2 heterocycles. The maximum absolute atomic E-state index is 12.4. The van der Waals surface area contributed by atoms with Gasteiger partial charge in [0.15, 0.2) is 17.3 Å². The number of nitro benzene ring substituents is 1. The first-order valence-corrected chi connectivity index (χ1v) is 9.16.